The molecule has 0 saturated heterocycles. The van der Waals surface area contributed by atoms with Crippen LogP contribution in [0.3, 0.4) is 0 Å². The largest absolute Gasteiger partial charge is 0.460 e. The zero-order chi connectivity index (χ0) is 10.3. The summed E-state index contributed by atoms with van der Waals surface area (Å²) in [7, 11) is 0. The number of carbonyl (C=O) groups is 2. The van der Waals surface area contributed by atoms with Crippen molar-refractivity contribution in [3.05, 3.63) is 0 Å². The summed E-state index contributed by atoms with van der Waals surface area (Å²) < 4.78 is 4.59. The molecule has 0 fully saturated rings. The summed E-state index contributed by atoms with van der Waals surface area (Å²) in [4.78, 5) is 21.8. The normalized spacial score (nSPS) is 12.2. The van der Waals surface area contributed by atoms with E-state index in [4.69, 9.17) is 0 Å². The zero-order valence-corrected chi connectivity index (χ0v) is 9.59. The Morgan fingerprint density at radius 3 is 2.46 bits per heavy atom. The van der Waals surface area contributed by atoms with E-state index < -0.39 is 11.8 Å². The molecule has 3 nitrogen and oxygen atoms in total. The number of esters is 1. The molecule has 0 heterocycles. The Kier molecular flexibility index (Phi) is 6.86. The van der Waals surface area contributed by atoms with Gasteiger partial charge in [-0.2, -0.15) is 0 Å². The fourth-order valence-corrected chi connectivity index (χ4v) is 1.36. The van der Waals surface area contributed by atoms with E-state index in [-0.39, 0.29) is 11.4 Å². The third kappa shape index (κ3) is 5.03. The lowest BCUT2D eigenvalue weighted by Gasteiger charge is -2.06. The predicted molar refractivity (Wildman–Crippen MR) is 53.9 cm³/mol. The van der Waals surface area contributed by atoms with Gasteiger partial charge in [0, 0.05) is 0 Å². The molecule has 0 saturated carbocycles. The van der Waals surface area contributed by atoms with Gasteiger partial charge >= 0.3 is 5.97 Å². The molecule has 0 aliphatic rings. The predicted octanol–water partition coefficient (Wildman–Crippen LogP) is 2.07. The second-order valence-electron chi connectivity index (χ2n) is 2.69. The monoisotopic (exact) mass is 250 g/mol. The molecule has 0 aliphatic carbocycles. The van der Waals surface area contributed by atoms with Crippen molar-refractivity contribution in [3.63, 3.8) is 0 Å². The Hall–Kier alpha value is -0.380. The summed E-state index contributed by atoms with van der Waals surface area (Å²) >= 11 is 3.16. The number of Topliss-reactive ketones (excluding diaryl/α,β-unsaturated/α-hetero) is 1. The van der Waals surface area contributed by atoms with E-state index >= 15 is 0 Å². The molecule has 0 aromatic carbocycles. The van der Waals surface area contributed by atoms with Crippen LogP contribution in [0.5, 0.6) is 0 Å². The number of rotatable bonds is 6. The molecule has 0 radical (unpaired) electrons. The van der Waals surface area contributed by atoms with Gasteiger partial charge in [-0.05, 0) is 13.3 Å². The van der Waals surface area contributed by atoms with Gasteiger partial charge in [0.1, 0.15) is 0 Å². The van der Waals surface area contributed by atoms with Gasteiger partial charge in [-0.1, -0.05) is 35.7 Å². The van der Waals surface area contributed by atoms with Gasteiger partial charge in [0.05, 0.1) is 11.4 Å². The van der Waals surface area contributed by atoms with Crippen LogP contribution in [0.2, 0.25) is 0 Å². The summed E-state index contributed by atoms with van der Waals surface area (Å²) in [5, 5.41) is 0. The average molecular weight is 251 g/mol. The minimum Gasteiger partial charge on any atom is -0.460 e. The standard InChI is InChI=1S/C9H15BrO3/c1-3-5-6-7(10)8(11)9(12)13-4-2/h7H,3-6H2,1-2H3. The lowest BCUT2D eigenvalue weighted by atomic mass is 10.1. The minimum absolute atomic E-state index is 0.248. The fourth-order valence-electron chi connectivity index (χ4n) is 0.845. The molecule has 0 amide bonds. The molecule has 0 aliphatic heterocycles. The molecule has 13 heavy (non-hydrogen) atoms. The van der Waals surface area contributed by atoms with Gasteiger partial charge in [0.15, 0.2) is 0 Å². The van der Waals surface area contributed by atoms with Crippen LogP contribution < -0.4 is 0 Å². The highest BCUT2D eigenvalue weighted by atomic mass is 79.9. The third-order valence-electron chi connectivity index (χ3n) is 1.57. The van der Waals surface area contributed by atoms with Crippen LogP contribution in [0.15, 0.2) is 0 Å². The van der Waals surface area contributed by atoms with Crippen molar-refractivity contribution >= 4 is 27.7 Å². The first kappa shape index (κ1) is 12.6. The number of hydrogen-bond donors (Lipinski definition) is 0. The molecule has 0 spiro atoms. The topological polar surface area (TPSA) is 43.4 Å². The minimum atomic E-state index is -0.736. The van der Waals surface area contributed by atoms with Gasteiger partial charge in [0.2, 0.25) is 0 Å². The molecule has 76 valence electrons. The van der Waals surface area contributed by atoms with Crippen molar-refractivity contribution in [1.82, 2.24) is 0 Å². The second-order valence-corrected chi connectivity index (χ2v) is 3.80. The SMILES string of the molecule is CCCCC(Br)C(=O)C(=O)OCC. The Morgan fingerprint density at radius 1 is 1.38 bits per heavy atom. The summed E-state index contributed by atoms with van der Waals surface area (Å²) in [6.07, 6.45) is 2.63. The van der Waals surface area contributed by atoms with Crippen LogP contribution in [-0.4, -0.2) is 23.2 Å². The molecule has 0 aromatic rings. The molecule has 0 aromatic heterocycles. The quantitative estimate of drug-likeness (QED) is 0.412. The molecular formula is C9H15BrO3. The zero-order valence-electron chi connectivity index (χ0n) is 8.01. The third-order valence-corrected chi connectivity index (χ3v) is 2.45. The van der Waals surface area contributed by atoms with Crippen molar-refractivity contribution in [3.8, 4) is 0 Å². The van der Waals surface area contributed by atoms with Crippen LogP contribution in [0.4, 0.5) is 0 Å². The number of halogens is 1. The van der Waals surface area contributed by atoms with Crippen LogP contribution >= 0.6 is 15.9 Å². The Bertz CT molecular complexity index is 180. The van der Waals surface area contributed by atoms with Gasteiger partial charge in [-0.3, -0.25) is 4.79 Å². The number of ether oxygens (including phenoxy) is 1. The smallest absolute Gasteiger partial charge is 0.375 e. The van der Waals surface area contributed by atoms with E-state index in [1.807, 2.05) is 6.92 Å². The Labute approximate surface area is 87.0 Å². The van der Waals surface area contributed by atoms with E-state index in [9.17, 15) is 9.59 Å². The molecule has 0 N–H and O–H groups in total. The molecule has 0 rings (SSSR count). The molecule has 0 bridgehead atoms. The highest BCUT2D eigenvalue weighted by Crippen LogP contribution is 2.11. The van der Waals surface area contributed by atoms with Gasteiger partial charge in [-0.25, -0.2) is 4.79 Å². The van der Waals surface area contributed by atoms with Crippen LogP contribution in [0.1, 0.15) is 33.1 Å². The van der Waals surface area contributed by atoms with Crippen molar-refractivity contribution in [2.45, 2.75) is 37.9 Å². The molecular weight excluding hydrogens is 236 g/mol. The van der Waals surface area contributed by atoms with Gasteiger partial charge < -0.3 is 4.74 Å². The number of carbonyl (C=O) groups excluding carboxylic acids is 2. The summed E-state index contributed by atoms with van der Waals surface area (Å²) in [6.45, 7) is 3.97. The van der Waals surface area contributed by atoms with E-state index in [2.05, 4.69) is 20.7 Å². The Balaban J connectivity index is 3.87. The molecule has 1 atom stereocenters. The summed E-state index contributed by atoms with van der Waals surface area (Å²) in [6, 6.07) is 0. The van der Waals surface area contributed by atoms with Crippen molar-refractivity contribution in [2.75, 3.05) is 6.61 Å². The number of alkyl halides is 1. The number of ketones is 1. The lowest BCUT2D eigenvalue weighted by molar-refractivity contribution is -0.153. The van der Waals surface area contributed by atoms with Crippen molar-refractivity contribution in [1.29, 1.82) is 0 Å². The number of hydrogen-bond acceptors (Lipinski definition) is 3. The van der Waals surface area contributed by atoms with E-state index in [1.165, 1.54) is 0 Å². The van der Waals surface area contributed by atoms with Crippen LogP contribution in [0, 0.1) is 0 Å². The maximum absolute atomic E-state index is 11.2. The highest BCUT2D eigenvalue weighted by Gasteiger charge is 2.23. The van der Waals surface area contributed by atoms with Crippen LogP contribution in [0.25, 0.3) is 0 Å². The van der Waals surface area contributed by atoms with Crippen LogP contribution in [-0.2, 0) is 14.3 Å². The van der Waals surface area contributed by atoms with Gasteiger partial charge in [0.25, 0.3) is 5.78 Å². The van der Waals surface area contributed by atoms with Crippen molar-refractivity contribution < 1.29 is 14.3 Å². The van der Waals surface area contributed by atoms with Crippen molar-refractivity contribution in [2.24, 2.45) is 0 Å². The van der Waals surface area contributed by atoms with E-state index in [0.717, 1.165) is 12.8 Å². The molecule has 1 unspecified atom stereocenters. The van der Waals surface area contributed by atoms with E-state index in [0.29, 0.717) is 6.42 Å². The summed E-state index contributed by atoms with van der Waals surface area (Å²) in [5.74, 6) is -1.21. The Morgan fingerprint density at radius 2 is 2.00 bits per heavy atom. The highest BCUT2D eigenvalue weighted by molar-refractivity contribution is 9.10. The summed E-state index contributed by atoms with van der Waals surface area (Å²) in [5.41, 5.74) is 0. The average Bonchev–Trinajstić information content (AvgIpc) is 2.13. The lowest BCUT2D eigenvalue weighted by Crippen LogP contribution is -2.26. The molecule has 4 heteroatoms. The first-order valence-corrected chi connectivity index (χ1v) is 5.40. The number of unbranched alkanes of at least 4 members (excludes halogenated alkanes) is 1. The fraction of sp³-hybridized carbons (Fsp3) is 0.778. The maximum Gasteiger partial charge on any atom is 0.375 e. The maximum atomic E-state index is 11.2. The first-order chi connectivity index (χ1) is 6.13. The second kappa shape index (κ2) is 7.06. The van der Waals surface area contributed by atoms with Gasteiger partial charge in [-0.15, -0.1) is 0 Å². The van der Waals surface area contributed by atoms with E-state index in [1.54, 1.807) is 6.92 Å². The first-order valence-electron chi connectivity index (χ1n) is 4.48.